The molecule has 4 aromatic rings. The highest BCUT2D eigenvalue weighted by Gasteiger charge is 2.31. The molecule has 0 bridgehead atoms. The smallest absolute Gasteiger partial charge is 0.490 e. The largest absolute Gasteiger partial charge is 0.573 e. The minimum Gasteiger partial charge on any atom is -0.490 e. The fourth-order valence-electron chi connectivity index (χ4n) is 4.94. The Morgan fingerprint density at radius 1 is 0.952 bits per heavy atom. The summed E-state index contributed by atoms with van der Waals surface area (Å²) < 4.78 is 60.0. The third kappa shape index (κ3) is 6.57. The minimum atomic E-state index is -4.74. The first-order chi connectivity index (χ1) is 20.2. The van der Waals surface area contributed by atoms with E-state index in [1.54, 1.807) is 4.57 Å². The van der Waals surface area contributed by atoms with Gasteiger partial charge < -0.3 is 29.1 Å². The Hall–Kier alpha value is -4.78. The predicted octanol–water partition coefficient (Wildman–Crippen LogP) is 6.23. The van der Waals surface area contributed by atoms with Gasteiger partial charge in [0.15, 0.2) is 0 Å². The second-order valence-corrected chi connectivity index (χ2v) is 10.0. The summed E-state index contributed by atoms with van der Waals surface area (Å²) in [5, 5.41) is 11.0. The molecular formula is C29H25F3N4O6. The van der Waals surface area contributed by atoms with E-state index in [-0.39, 0.29) is 23.7 Å². The van der Waals surface area contributed by atoms with Crippen LogP contribution in [0.2, 0.25) is 0 Å². The molecule has 3 aromatic carbocycles. The molecule has 218 valence electrons. The molecule has 2 aliphatic rings. The maximum Gasteiger partial charge on any atom is 0.573 e. The van der Waals surface area contributed by atoms with Gasteiger partial charge >= 0.3 is 18.2 Å². The quantitative estimate of drug-likeness (QED) is 0.169. The molecule has 1 atom stereocenters. The molecule has 42 heavy (non-hydrogen) atoms. The van der Waals surface area contributed by atoms with E-state index in [1.807, 2.05) is 36.4 Å². The first-order valence-corrected chi connectivity index (χ1v) is 13.1. The molecule has 2 aliphatic heterocycles. The number of hydrogen-bond donors (Lipinski definition) is 0. The molecule has 0 unspecified atom stereocenters. The summed E-state index contributed by atoms with van der Waals surface area (Å²) in [6.07, 6.45) is -2.95. The zero-order chi connectivity index (χ0) is 29.3. The lowest BCUT2D eigenvalue weighted by Crippen LogP contribution is -2.31. The van der Waals surface area contributed by atoms with Crippen LogP contribution in [0.15, 0.2) is 72.9 Å². The number of ether oxygens (including phenoxy) is 4. The van der Waals surface area contributed by atoms with Gasteiger partial charge in [-0.05, 0) is 70.1 Å². The first-order valence-electron chi connectivity index (χ1n) is 13.1. The van der Waals surface area contributed by atoms with E-state index in [9.17, 15) is 23.3 Å². The molecule has 0 saturated carbocycles. The van der Waals surface area contributed by atoms with Crippen molar-refractivity contribution in [2.24, 2.45) is 0 Å². The van der Waals surface area contributed by atoms with Gasteiger partial charge in [-0.3, -0.25) is 9.47 Å². The van der Waals surface area contributed by atoms with Crippen LogP contribution in [0.4, 0.5) is 19.0 Å². The van der Waals surface area contributed by atoms with Gasteiger partial charge in [-0.1, -0.05) is 18.2 Å². The maximum absolute atomic E-state index is 12.3. The summed E-state index contributed by atoms with van der Waals surface area (Å²) in [6.45, 7) is 3.17. The Labute approximate surface area is 238 Å². The van der Waals surface area contributed by atoms with Crippen LogP contribution in [-0.2, 0) is 26.2 Å². The van der Waals surface area contributed by atoms with Crippen molar-refractivity contribution in [1.29, 1.82) is 0 Å². The molecule has 0 amide bonds. The fourth-order valence-corrected chi connectivity index (χ4v) is 4.94. The van der Waals surface area contributed by atoms with E-state index in [0.717, 1.165) is 30.9 Å². The second kappa shape index (κ2) is 11.2. The Morgan fingerprint density at radius 3 is 2.33 bits per heavy atom. The normalized spacial score (nSPS) is 16.3. The van der Waals surface area contributed by atoms with E-state index in [1.165, 1.54) is 41.6 Å². The molecule has 0 aliphatic carbocycles. The van der Waals surface area contributed by atoms with Crippen molar-refractivity contribution in [3.63, 3.8) is 0 Å². The van der Waals surface area contributed by atoms with E-state index in [0.29, 0.717) is 31.1 Å². The molecule has 0 radical (unpaired) electrons. The van der Waals surface area contributed by atoms with Crippen LogP contribution < -0.4 is 18.9 Å². The number of aryl methyl sites for hydroxylation is 1. The van der Waals surface area contributed by atoms with Gasteiger partial charge in [0.2, 0.25) is 0 Å². The Kier molecular flexibility index (Phi) is 7.33. The molecule has 3 heterocycles. The highest BCUT2D eigenvalue weighted by Crippen LogP contribution is 2.31. The van der Waals surface area contributed by atoms with Crippen molar-refractivity contribution in [1.82, 2.24) is 14.5 Å². The van der Waals surface area contributed by atoms with Crippen LogP contribution in [0, 0.1) is 10.1 Å². The lowest BCUT2D eigenvalue weighted by Gasteiger charge is -2.22. The van der Waals surface area contributed by atoms with Crippen LogP contribution in [0.3, 0.4) is 0 Å². The molecule has 0 spiro atoms. The molecule has 0 saturated heterocycles. The number of benzene rings is 3. The molecule has 0 N–H and O–H groups in total. The van der Waals surface area contributed by atoms with Gasteiger partial charge in [-0.15, -0.1) is 13.2 Å². The van der Waals surface area contributed by atoms with E-state index in [2.05, 4.69) is 20.7 Å². The van der Waals surface area contributed by atoms with Crippen LogP contribution in [-0.4, -0.2) is 38.4 Å². The summed E-state index contributed by atoms with van der Waals surface area (Å²) >= 11 is 0. The average molecular weight is 583 g/mol. The highest BCUT2D eigenvalue weighted by atomic mass is 19.4. The van der Waals surface area contributed by atoms with Gasteiger partial charge in [0.25, 0.3) is 0 Å². The summed E-state index contributed by atoms with van der Waals surface area (Å²) in [6, 6.07) is 19.1. The number of nitro groups is 1. The van der Waals surface area contributed by atoms with Gasteiger partial charge in [0.05, 0.1) is 0 Å². The average Bonchev–Trinajstić information content (AvgIpc) is 3.56. The zero-order valence-corrected chi connectivity index (χ0v) is 22.1. The molecular weight excluding hydrogens is 557 g/mol. The van der Waals surface area contributed by atoms with Crippen LogP contribution >= 0.6 is 0 Å². The number of nitrogens with zero attached hydrogens (tertiary/aromatic N) is 4. The highest BCUT2D eigenvalue weighted by molar-refractivity contribution is 5.39. The standard InChI is InChI=1S/C29H25F3N4O6/c30-29(31,32)42-24-9-7-23(8-10-24)40-22-4-1-19(2-5-22)14-34-15-20-3-6-25(13-21(20)16-34)39-18-26-11-12-35-17-27(36(37)38)33-28(35)41-26/h1-10,13,17,26H,11-12,14-16,18H2/t26-/m0/s1. The molecule has 10 nitrogen and oxygen atoms in total. The molecule has 0 fully saturated rings. The third-order valence-electron chi connectivity index (χ3n) is 6.90. The van der Waals surface area contributed by atoms with E-state index >= 15 is 0 Å². The summed E-state index contributed by atoms with van der Waals surface area (Å²) in [4.78, 5) is 16.6. The topological polar surface area (TPSA) is 101 Å². The van der Waals surface area contributed by atoms with Crippen LogP contribution in [0.1, 0.15) is 23.1 Å². The Bertz CT molecular complexity index is 1570. The molecule has 1 aromatic heterocycles. The predicted molar refractivity (Wildman–Crippen MR) is 142 cm³/mol. The Balaban J connectivity index is 0.986. The zero-order valence-electron chi connectivity index (χ0n) is 22.1. The summed E-state index contributed by atoms with van der Waals surface area (Å²) in [5.41, 5.74) is 3.50. The number of rotatable bonds is 9. The lowest BCUT2D eigenvalue weighted by molar-refractivity contribution is -0.389. The number of fused-ring (bicyclic) bond motifs is 2. The fraction of sp³-hybridized carbons (Fsp3) is 0.276. The first kappa shape index (κ1) is 27.4. The van der Waals surface area contributed by atoms with E-state index in [4.69, 9.17) is 14.2 Å². The number of alkyl halides is 3. The van der Waals surface area contributed by atoms with E-state index < -0.39 is 11.3 Å². The van der Waals surface area contributed by atoms with Gasteiger partial charge in [-0.2, -0.15) is 0 Å². The van der Waals surface area contributed by atoms with Crippen molar-refractivity contribution < 1.29 is 37.0 Å². The second-order valence-electron chi connectivity index (χ2n) is 10.0. The molecule has 13 heteroatoms. The van der Waals surface area contributed by atoms with Crippen molar-refractivity contribution in [2.45, 2.75) is 45.1 Å². The monoisotopic (exact) mass is 582 g/mol. The van der Waals surface area contributed by atoms with Gasteiger partial charge in [0.1, 0.15) is 41.9 Å². The number of imidazole rings is 1. The lowest BCUT2D eigenvalue weighted by atomic mass is 10.1. The number of hydrogen-bond acceptors (Lipinski definition) is 8. The summed E-state index contributed by atoms with van der Waals surface area (Å²) in [7, 11) is 0. The maximum atomic E-state index is 12.3. The third-order valence-corrected chi connectivity index (χ3v) is 6.90. The van der Waals surface area contributed by atoms with Gasteiger partial charge in [-0.25, -0.2) is 0 Å². The number of aromatic nitrogens is 2. The van der Waals surface area contributed by atoms with Crippen molar-refractivity contribution in [3.8, 4) is 29.0 Å². The SMILES string of the molecule is O=[N+]([O-])c1cn2c(n1)O[C@H](COc1ccc3c(c1)CN(Cc1ccc(Oc4ccc(OC(F)(F)F)cc4)cc1)C3)CC2. The van der Waals surface area contributed by atoms with Crippen molar-refractivity contribution >= 4 is 5.82 Å². The van der Waals surface area contributed by atoms with Gasteiger partial charge in [0, 0.05) is 37.6 Å². The number of halogens is 3. The Morgan fingerprint density at radius 2 is 1.62 bits per heavy atom. The minimum absolute atomic E-state index is 0.230. The van der Waals surface area contributed by atoms with Crippen molar-refractivity contribution in [3.05, 3.63) is 99.7 Å². The van der Waals surface area contributed by atoms with Crippen LogP contribution in [0.5, 0.6) is 29.0 Å². The van der Waals surface area contributed by atoms with Crippen molar-refractivity contribution in [2.75, 3.05) is 6.61 Å². The molecule has 6 rings (SSSR count). The van der Waals surface area contributed by atoms with Crippen LogP contribution in [0.25, 0.3) is 0 Å². The summed E-state index contributed by atoms with van der Waals surface area (Å²) in [5.74, 6) is 1.16.